The lowest BCUT2D eigenvalue weighted by Crippen LogP contribution is -2.61. The number of allylic oxidation sites excluding steroid dienone is 1. The third-order valence-corrected chi connectivity index (χ3v) is 15.6. The summed E-state index contributed by atoms with van der Waals surface area (Å²) < 4.78 is 42.8. The SMILES string of the molecule is CO[C@]1(CN2CCN3CCCC[C@@H]3C2)/C=C\[C@H](C)[C@H](C)CS(=O)(=O)NC(=O)c2ccc3c(c2)N(C[C@@H]2CC[C@H]21)C[C@@]1(CCCc2cc(Cl)ccc21)CO3. The summed E-state index contributed by atoms with van der Waals surface area (Å²) in [5.74, 6) is 0.361. The Labute approximate surface area is 321 Å². The van der Waals surface area contributed by atoms with Gasteiger partial charge in [-0.3, -0.25) is 14.6 Å². The van der Waals surface area contributed by atoms with Crippen LogP contribution in [0.15, 0.2) is 48.6 Å². The molecule has 2 aromatic carbocycles. The van der Waals surface area contributed by atoms with Gasteiger partial charge >= 0.3 is 0 Å². The van der Waals surface area contributed by atoms with Gasteiger partial charge in [-0.15, -0.1) is 0 Å². The lowest BCUT2D eigenvalue weighted by atomic mass is 9.63. The number of nitrogens with zero attached hydrogens (tertiary/aromatic N) is 3. The Morgan fingerprint density at radius 2 is 1.89 bits per heavy atom. The molecule has 7 atom stereocenters. The van der Waals surface area contributed by atoms with Crippen LogP contribution in [0.25, 0.3) is 0 Å². The molecule has 2 aliphatic carbocycles. The fourth-order valence-corrected chi connectivity index (χ4v) is 12.2. The Balaban J connectivity index is 1.19. The van der Waals surface area contributed by atoms with Crippen molar-refractivity contribution in [3.63, 3.8) is 0 Å². The van der Waals surface area contributed by atoms with E-state index in [4.69, 9.17) is 21.1 Å². The first-order valence-electron chi connectivity index (χ1n) is 20.0. The number of fused-ring (bicyclic) bond motifs is 5. The molecule has 1 saturated carbocycles. The molecule has 2 aromatic rings. The van der Waals surface area contributed by atoms with Crippen LogP contribution in [0.4, 0.5) is 5.69 Å². The summed E-state index contributed by atoms with van der Waals surface area (Å²) in [5, 5.41) is 0.754. The van der Waals surface area contributed by atoms with Crippen LogP contribution in [0, 0.1) is 23.7 Å². The van der Waals surface area contributed by atoms with E-state index in [-0.39, 0.29) is 28.9 Å². The molecule has 1 amide bonds. The van der Waals surface area contributed by atoms with Crippen molar-refractivity contribution >= 4 is 33.2 Å². The number of amides is 1. The number of piperazine rings is 1. The van der Waals surface area contributed by atoms with E-state index in [1.165, 1.54) is 36.9 Å². The van der Waals surface area contributed by atoms with Crippen LogP contribution in [0.5, 0.6) is 5.75 Å². The molecule has 6 aliphatic rings. The fraction of sp³-hybridized carbons (Fsp3) is 0.643. The van der Waals surface area contributed by atoms with Gasteiger partial charge in [-0.2, -0.15) is 0 Å². The number of aryl methyl sites for hydroxylation is 1. The highest BCUT2D eigenvalue weighted by Crippen LogP contribution is 2.49. The van der Waals surface area contributed by atoms with Gasteiger partial charge in [0.15, 0.2) is 0 Å². The van der Waals surface area contributed by atoms with E-state index < -0.39 is 21.5 Å². The van der Waals surface area contributed by atoms with E-state index >= 15 is 0 Å². The van der Waals surface area contributed by atoms with Gasteiger partial charge in [0.05, 0.1) is 18.0 Å². The minimum absolute atomic E-state index is 0.0359. The second kappa shape index (κ2) is 14.8. The van der Waals surface area contributed by atoms with Gasteiger partial charge in [0.1, 0.15) is 11.4 Å². The normalized spacial score (nSPS) is 35.4. The number of halogens is 1. The summed E-state index contributed by atoms with van der Waals surface area (Å²) in [5.41, 5.74) is 2.97. The number of carbonyl (C=O) groups excluding carboxylic acids is 1. The highest BCUT2D eigenvalue weighted by Gasteiger charge is 2.50. The molecular formula is C42H57ClN4O5S. The van der Waals surface area contributed by atoms with Crippen molar-refractivity contribution in [1.82, 2.24) is 14.5 Å². The maximum Gasteiger partial charge on any atom is 0.264 e. The summed E-state index contributed by atoms with van der Waals surface area (Å²) in [6.07, 6.45) is 13.5. The molecular weight excluding hydrogens is 708 g/mol. The van der Waals surface area contributed by atoms with Crippen LogP contribution in [0.1, 0.15) is 80.3 Å². The van der Waals surface area contributed by atoms with Gasteiger partial charge in [-0.1, -0.05) is 50.1 Å². The summed E-state index contributed by atoms with van der Waals surface area (Å²) in [4.78, 5) is 21.4. The summed E-state index contributed by atoms with van der Waals surface area (Å²) in [6, 6.07) is 12.3. The van der Waals surface area contributed by atoms with E-state index in [2.05, 4.69) is 50.6 Å². The minimum Gasteiger partial charge on any atom is -0.490 e. The number of benzene rings is 2. The summed E-state index contributed by atoms with van der Waals surface area (Å²) >= 11 is 6.51. The number of rotatable bonds is 3. The highest BCUT2D eigenvalue weighted by atomic mass is 35.5. The third-order valence-electron chi connectivity index (χ3n) is 13.9. The molecule has 3 fully saturated rings. The van der Waals surface area contributed by atoms with E-state index in [9.17, 15) is 13.2 Å². The number of piperidine rings is 1. The maximum absolute atomic E-state index is 13.6. The Morgan fingerprint density at radius 3 is 2.70 bits per heavy atom. The molecule has 53 heavy (non-hydrogen) atoms. The molecule has 0 aromatic heterocycles. The zero-order valence-corrected chi connectivity index (χ0v) is 33.3. The topological polar surface area (TPSA) is 91.4 Å². The average molecular weight is 765 g/mol. The number of sulfonamides is 1. The van der Waals surface area contributed by atoms with Crippen LogP contribution in [-0.4, -0.2) is 101 Å². The summed E-state index contributed by atoms with van der Waals surface area (Å²) in [6.45, 7) is 11.3. The zero-order chi connectivity index (χ0) is 37.0. The van der Waals surface area contributed by atoms with Gasteiger partial charge in [-0.05, 0) is 117 Å². The molecule has 0 radical (unpaired) electrons. The highest BCUT2D eigenvalue weighted by molar-refractivity contribution is 7.90. The predicted octanol–water partition coefficient (Wildman–Crippen LogP) is 6.30. The maximum atomic E-state index is 13.6. The molecule has 9 nitrogen and oxygen atoms in total. The van der Waals surface area contributed by atoms with Crippen LogP contribution < -0.4 is 14.4 Å². The van der Waals surface area contributed by atoms with Crippen molar-refractivity contribution in [3.05, 3.63) is 70.3 Å². The zero-order valence-electron chi connectivity index (χ0n) is 31.7. The molecule has 0 unspecified atom stereocenters. The first kappa shape index (κ1) is 37.3. The average Bonchev–Trinajstić information content (AvgIpc) is 3.27. The second-order valence-electron chi connectivity index (χ2n) is 17.2. The van der Waals surface area contributed by atoms with Crippen molar-refractivity contribution in [3.8, 4) is 5.75 Å². The van der Waals surface area contributed by atoms with Crippen molar-refractivity contribution in [2.75, 3.05) is 70.2 Å². The largest absolute Gasteiger partial charge is 0.490 e. The number of hydrogen-bond donors (Lipinski definition) is 1. The van der Waals surface area contributed by atoms with Crippen LogP contribution in [0.2, 0.25) is 5.02 Å². The quantitative estimate of drug-likeness (QED) is 0.365. The molecule has 1 spiro atoms. The van der Waals surface area contributed by atoms with Gasteiger partial charge in [-0.25, -0.2) is 13.1 Å². The Bertz CT molecular complexity index is 1840. The van der Waals surface area contributed by atoms with E-state index in [0.717, 1.165) is 87.8 Å². The van der Waals surface area contributed by atoms with Crippen molar-refractivity contribution in [2.45, 2.75) is 82.3 Å². The lowest BCUT2D eigenvalue weighted by molar-refractivity contribution is -0.100. The predicted molar refractivity (Wildman–Crippen MR) is 211 cm³/mol. The number of carbonyl (C=O) groups is 1. The molecule has 4 heterocycles. The molecule has 1 N–H and O–H groups in total. The number of ether oxygens (including phenoxy) is 2. The smallest absolute Gasteiger partial charge is 0.264 e. The molecule has 288 valence electrons. The number of methoxy groups -OCH3 is 1. The van der Waals surface area contributed by atoms with Gasteiger partial charge < -0.3 is 14.4 Å². The molecule has 2 saturated heterocycles. The Hall–Kier alpha value is -2.63. The summed E-state index contributed by atoms with van der Waals surface area (Å²) in [7, 11) is -2.02. The number of nitrogens with one attached hydrogen (secondary N) is 1. The van der Waals surface area contributed by atoms with Crippen molar-refractivity contribution in [2.24, 2.45) is 23.7 Å². The van der Waals surface area contributed by atoms with Gasteiger partial charge in [0, 0.05) is 68.4 Å². The molecule has 8 rings (SSSR count). The van der Waals surface area contributed by atoms with E-state index in [1.807, 2.05) is 32.2 Å². The van der Waals surface area contributed by atoms with E-state index in [0.29, 0.717) is 24.1 Å². The molecule has 11 heteroatoms. The van der Waals surface area contributed by atoms with Crippen molar-refractivity contribution < 1.29 is 22.7 Å². The first-order valence-corrected chi connectivity index (χ1v) is 22.1. The minimum atomic E-state index is -3.90. The third kappa shape index (κ3) is 7.40. The first-order chi connectivity index (χ1) is 25.5. The monoisotopic (exact) mass is 764 g/mol. The van der Waals surface area contributed by atoms with Gasteiger partial charge in [0.2, 0.25) is 10.0 Å². The molecule has 4 aliphatic heterocycles. The van der Waals surface area contributed by atoms with Crippen LogP contribution >= 0.6 is 11.6 Å². The Morgan fingerprint density at radius 1 is 1.02 bits per heavy atom. The lowest BCUT2D eigenvalue weighted by Gasteiger charge is -2.53. The standard InChI is InChI=1S/C42H57ClN4O5S/c1-29-15-17-42(51-3,27-45-19-20-46-18-5-4-8-35(46)24-45)37-12-9-33(37)23-47-26-41(16-6-7-31-21-34(43)11-13-36(31)41)28-52-39-14-10-32(22-38(39)47)40(48)44-53(49,50)25-30(29)2/h10-11,13-15,17,21-22,29-30,33,35,37H,4-9,12,16,18-20,23-28H2,1-3H3,(H,44,48)/b17-15-/t29-,30+,33-,35+,37+,41-,42-/m0/s1. The van der Waals surface area contributed by atoms with Crippen LogP contribution in [0.3, 0.4) is 0 Å². The second-order valence-corrected chi connectivity index (χ2v) is 19.4. The van der Waals surface area contributed by atoms with Gasteiger partial charge in [0.25, 0.3) is 5.91 Å². The number of hydrogen-bond acceptors (Lipinski definition) is 8. The van der Waals surface area contributed by atoms with E-state index in [1.54, 1.807) is 6.07 Å². The van der Waals surface area contributed by atoms with Crippen molar-refractivity contribution in [1.29, 1.82) is 0 Å². The fourth-order valence-electron chi connectivity index (χ4n) is 10.5. The van der Waals surface area contributed by atoms with Crippen LogP contribution in [-0.2, 0) is 26.6 Å². The molecule has 2 bridgehead atoms. The Kier molecular flexibility index (Phi) is 10.4. The number of anilines is 1.